The second-order valence-corrected chi connectivity index (χ2v) is 8.44. The van der Waals surface area contributed by atoms with Gasteiger partial charge in [0.1, 0.15) is 0 Å². The Hall–Kier alpha value is -2.62. The molecule has 1 aliphatic rings. The van der Waals surface area contributed by atoms with E-state index in [0.29, 0.717) is 6.54 Å². The summed E-state index contributed by atoms with van der Waals surface area (Å²) in [5.74, 6) is -0.426. The summed E-state index contributed by atoms with van der Waals surface area (Å²) in [5.41, 5.74) is 5.17. The van der Waals surface area contributed by atoms with Crippen LogP contribution in [0.4, 0.5) is 11.4 Å². The number of anilines is 2. The van der Waals surface area contributed by atoms with E-state index >= 15 is 0 Å². The predicted octanol–water partition coefficient (Wildman–Crippen LogP) is 4.59. The van der Waals surface area contributed by atoms with Crippen molar-refractivity contribution in [2.75, 3.05) is 16.8 Å². The number of hydrogen-bond acceptors (Lipinski definition) is 2. The van der Waals surface area contributed by atoms with E-state index in [0.717, 1.165) is 22.5 Å². The molecule has 142 valence electrons. The first-order valence-electron chi connectivity index (χ1n) is 9.45. The summed E-state index contributed by atoms with van der Waals surface area (Å²) in [7, 11) is 0. The number of carbonyl (C=O) groups is 2. The molecule has 1 aliphatic heterocycles. The number of nitrogens with one attached hydrogen (secondary N) is 1. The number of rotatable bonds is 3. The van der Waals surface area contributed by atoms with Crippen molar-refractivity contribution in [1.29, 1.82) is 0 Å². The summed E-state index contributed by atoms with van der Waals surface area (Å²) in [6, 6.07) is 13.9. The molecule has 0 aromatic heterocycles. The molecule has 2 amide bonds. The van der Waals surface area contributed by atoms with Crippen LogP contribution in [0.25, 0.3) is 0 Å². The van der Waals surface area contributed by atoms with Gasteiger partial charge in [0, 0.05) is 24.3 Å². The lowest BCUT2D eigenvalue weighted by molar-refractivity contribution is -0.122. The van der Waals surface area contributed by atoms with Gasteiger partial charge in [0.25, 0.3) is 0 Å². The number of benzene rings is 2. The van der Waals surface area contributed by atoms with Crippen LogP contribution < -0.4 is 10.2 Å². The lowest BCUT2D eigenvalue weighted by atomic mass is 9.87. The summed E-state index contributed by atoms with van der Waals surface area (Å²) in [5, 5.41) is 3.00. The summed E-state index contributed by atoms with van der Waals surface area (Å²) in [6.45, 7) is 10.9. The minimum absolute atomic E-state index is 0.000349. The van der Waals surface area contributed by atoms with E-state index in [2.05, 4.69) is 38.2 Å². The fourth-order valence-electron chi connectivity index (χ4n) is 3.40. The fourth-order valence-corrected chi connectivity index (χ4v) is 3.40. The molecular weight excluding hydrogens is 336 g/mol. The molecule has 2 aromatic carbocycles. The van der Waals surface area contributed by atoms with Crippen molar-refractivity contribution in [2.24, 2.45) is 5.92 Å². The van der Waals surface area contributed by atoms with Crippen LogP contribution in [0, 0.1) is 19.8 Å². The van der Waals surface area contributed by atoms with Gasteiger partial charge in [0.15, 0.2) is 0 Å². The molecule has 4 nitrogen and oxygen atoms in total. The van der Waals surface area contributed by atoms with Gasteiger partial charge >= 0.3 is 0 Å². The maximum absolute atomic E-state index is 12.7. The molecule has 1 fully saturated rings. The Bertz CT molecular complexity index is 863. The van der Waals surface area contributed by atoms with Crippen LogP contribution in [0.3, 0.4) is 0 Å². The molecule has 4 heteroatoms. The highest BCUT2D eigenvalue weighted by atomic mass is 16.2. The molecule has 2 aromatic rings. The second kappa shape index (κ2) is 7.18. The molecule has 0 aliphatic carbocycles. The van der Waals surface area contributed by atoms with Crippen LogP contribution in [0.1, 0.15) is 43.9 Å². The highest BCUT2D eigenvalue weighted by Gasteiger charge is 2.35. The Morgan fingerprint density at radius 2 is 1.74 bits per heavy atom. The van der Waals surface area contributed by atoms with Gasteiger partial charge < -0.3 is 10.2 Å². The van der Waals surface area contributed by atoms with E-state index in [-0.39, 0.29) is 29.6 Å². The first-order valence-corrected chi connectivity index (χ1v) is 9.45. The third kappa shape index (κ3) is 4.05. The van der Waals surface area contributed by atoms with Gasteiger partial charge in [-0.1, -0.05) is 45.0 Å². The monoisotopic (exact) mass is 364 g/mol. The Balaban J connectivity index is 1.71. The van der Waals surface area contributed by atoms with Crippen molar-refractivity contribution >= 4 is 23.2 Å². The lowest BCUT2D eigenvalue weighted by Crippen LogP contribution is -2.28. The van der Waals surface area contributed by atoms with E-state index in [1.165, 1.54) is 5.56 Å². The fraction of sp³-hybridized carbons (Fsp3) is 0.391. The van der Waals surface area contributed by atoms with E-state index in [1.807, 2.05) is 44.2 Å². The van der Waals surface area contributed by atoms with Gasteiger partial charge in [0.2, 0.25) is 11.8 Å². The standard InChI is InChI=1S/C23H28N2O2/c1-15-7-6-8-20(16(15)2)24-22(27)17-13-21(26)25(14-17)19-11-9-18(10-12-19)23(3,4)5/h6-12,17H,13-14H2,1-5H3,(H,24,27)/t17-/m0/s1. The van der Waals surface area contributed by atoms with Crippen LogP contribution in [-0.2, 0) is 15.0 Å². The molecule has 0 saturated carbocycles. The molecule has 1 atom stereocenters. The Morgan fingerprint density at radius 3 is 2.37 bits per heavy atom. The number of carbonyl (C=O) groups excluding carboxylic acids is 2. The zero-order valence-electron chi connectivity index (χ0n) is 16.8. The Morgan fingerprint density at radius 1 is 1.07 bits per heavy atom. The minimum atomic E-state index is -0.334. The molecule has 27 heavy (non-hydrogen) atoms. The van der Waals surface area contributed by atoms with Crippen molar-refractivity contribution in [3.63, 3.8) is 0 Å². The minimum Gasteiger partial charge on any atom is -0.326 e. The largest absolute Gasteiger partial charge is 0.326 e. The van der Waals surface area contributed by atoms with Gasteiger partial charge in [-0.2, -0.15) is 0 Å². The maximum Gasteiger partial charge on any atom is 0.229 e. The number of amides is 2. The summed E-state index contributed by atoms with van der Waals surface area (Å²) in [4.78, 5) is 26.9. The molecule has 0 bridgehead atoms. The van der Waals surface area contributed by atoms with Crippen LogP contribution >= 0.6 is 0 Å². The average Bonchev–Trinajstić information content (AvgIpc) is 3.00. The Kier molecular flexibility index (Phi) is 5.09. The molecule has 1 N–H and O–H groups in total. The second-order valence-electron chi connectivity index (χ2n) is 8.44. The zero-order chi connectivity index (χ0) is 19.8. The average molecular weight is 364 g/mol. The molecule has 3 rings (SSSR count). The van der Waals surface area contributed by atoms with E-state index < -0.39 is 0 Å². The van der Waals surface area contributed by atoms with Crippen LogP contribution in [0.2, 0.25) is 0 Å². The van der Waals surface area contributed by atoms with Gasteiger partial charge in [0.05, 0.1) is 5.92 Å². The summed E-state index contributed by atoms with van der Waals surface area (Å²) >= 11 is 0. The molecule has 0 unspecified atom stereocenters. The smallest absolute Gasteiger partial charge is 0.229 e. The summed E-state index contributed by atoms with van der Waals surface area (Å²) < 4.78 is 0. The van der Waals surface area contributed by atoms with Crippen molar-refractivity contribution in [3.05, 3.63) is 59.2 Å². The molecular formula is C23H28N2O2. The van der Waals surface area contributed by atoms with Gasteiger partial charge in [-0.15, -0.1) is 0 Å². The van der Waals surface area contributed by atoms with Gasteiger partial charge in [-0.05, 0) is 54.2 Å². The van der Waals surface area contributed by atoms with Gasteiger partial charge in [-0.3, -0.25) is 9.59 Å². The highest BCUT2D eigenvalue weighted by Crippen LogP contribution is 2.29. The van der Waals surface area contributed by atoms with E-state index in [1.54, 1.807) is 4.90 Å². The highest BCUT2D eigenvalue weighted by molar-refractivity contribution is 6.03. The zero-order valence-corrected chi connectivity index (χ0v) is 16.8. The van der Waals surface area contributed by atoms with Crippen molar-refractivity contribution < 1.29 is 9.59 Å². The van der Waals surface area contributed by atoms with E-state index in [4.69, 9.17) is 0 Å². The Labute approximate surface area is 161 Å². The summed E-state index contributed by atoms with van der Waals surface area (Å²) in [6.07, 6.45) is 0.248. The van der Waals surface area contributed by atoms with Crippen molar-refractivity contribution in [2.45, 2.75) is 46.5 Å². The normalized spacial score (nSPS) is 17.3. The SMILES string of the molecule is Cc1cccc(NC(=O)[C@H]2CC(=O)N(c3ccc(C(C)(C)C)cc3)C2)c1C. The third-order valence-electron chi connectivity index (χ3n) is 5.40. The number of nitrogens with zero attached hydrogens (tertiary/aromatic N) is 1. The number of hydrogen-bond donors (Lipinski definition) is 1. The van der Waals surface area contributed by atoms with Crippen LogP contribution in [0.5, 0.6) is 0 Å². The molecule has 1 saturated heterocycles. The van der Waals surface area contributed by atoms with Crippen molar-refractivity contribution in [3.8, 4) is 0 Å². The topological polar surface area (TPSA) is 49.4 Å². The molecule has 0 spiro atoms. The van der Waals surface area contributed by atoms with Crippen LogP contribution in [-0.4, -0.2) is 18.4 Å². The molecule has 1 heterocycles. The third-order valence-corrected chi connectivity index (χ3v) is 5.40. The quantitative estimate of drug-likeness (QED) is 0.866. The maximum atomic E-state index is 12.7. The lowest BCUT2D eigenvalue weighted by Gasteiger charge is -2.21. The van der Waals surface area contributed by atoms with Gasteiger partial charge in [-0.25, -0.2) is 0 Å². The number of aryl methyl sites for hydroxylation is 1. The first-order chi connectivity index (χ1) is 12.7. The van der Waals surface area contributed by atoms with Crippen molar-refractivity contribution in [1.82, 2.24) is 0 Å². The van der Waals surface area contributed by atoms with E-state index in [9.17, 15) is 9.59 Å². The molecule has 0 radical (unpaired) electrons. The first kappa shape index (κ1) is 19.2. The predicted molar refractivity (Wildman–Crippen MR) is 110 cm³/mol. The van der Waals surface area contributed by atoms with Crippen LogP contribution in [0.15, 0.2) is 42.5 Å².